The van der Waals surface area contributed by atoms with Crippen molar-refractivity contribution in [2.75, 3.05) is 5.32 Å². The molecule has 102 valence electrons. The van der Waals surface area contributed by atoms with Crippen LogP contribution in [0.15, 0.2) is 24.3 Å². The summed E-state index contributed by atoms with van der Waals surface area (Å²) in [7, 11) is 0. The van der Waals surface area contributed by atoms with Crippen LogP contribution in [0.25, 0.3) is 0 Å². The molecule has 1 N–H and O–H groups in total. The molecular weight excluding hydrogens is 232 g/mol. The maximum atomic E-state index is 9.64. The average Bonchev–Trinajstić information content (AvgIpc) is 2.42. The van der Waals surface area contributed by atoms with Crippen LogP contribution < -0.4 is 5.32 Å². The van der Waals surface area contributed by atoms with Crippen LogP contribution in [-0.4, -0.2) is 5.54 Å². The predicted molar refractivity (Wildman–Crippen MR) is 79.9 cm³/mol. The molecule has 0 bridgehead atoms. The Labute approximate surface area is 116 Å². The Hall–Kier alpha value is -1.49. The van der Waals surface area contributed by atoms with Crippen molar-refractivity contribution in [3.8, 4) is 6.07 Å². The molecule has 0 amide bonds. The number of nitrogens with zero attached hydrogens (tertiary/aromatic N) is 1. The van der Waals surface area contributed by atoms with Crippen LogP contribution in [0.3, 0.4) is 0 Å². The smallest absolute Gasteiger partial charge is 0.125 e. The van der Waals surface area contributed by atoms with Crippen LogP contribution >= 0.6 is 0 Å². The van der Waals surface area contributed by atoms with E-state index >= 15 is 0 Å². The van der Waals surface area contributed by atoms with Gasteiger partial charge < -0.3 is 5.32 Å². The highest BCUT2D eigenvalue weighted by molar-refractivity contribution is 5.49. The van der Waals surface area contributed by atoms with E-state index < -0.39 is 0 Å². The monoisotopic (exact) mass is 256 g/mol. The second-order valence-electron chi connectivity index (χ2n) is 6.29. The van der Waals surface area contributed by atoms with Crippen molar-refractivity contribution in [1.29, 1.82) is 5.26 Å². The largest absolute Gasteiger partial charge is 0.367 e. The van der Waals surface area contributed by atoms with Gasteiger partial charge in [0.25, 0.3) is 0 Å². The first-order valence-electron chi connectivity index (χ1n) is 7.31. The van der Waals surface area contributed by atoms with Gasteiger partial charge in [-0.3, -0.25) is 0 Å². The number of aryl methyl sites for hydroxylation is 1. The van der Waals surface area contributed by atoms with Crippen molar-refractivity contribution >= 4 is 5.69 Å². The summed E-state index contributed by atoms with van der Waals surface area (Å²) < 4.78 is 0. The van der Waals surface area contributed by atoms with Crippen molar-refractivity contribution in [2.45, 2.75) is 52.0 Å². The summed E-state index contributed by atoms with van der Waals surface area (Å²) in [6.45, 7) is 6.62. The summed E-state index contributed by atoms with van der Waals surface area (Å²) in [5.74, 6) is 1.32. The summed E-state index contributed by atoms with van der Waals surface area (Å²) in [5.41, 5.74) is 1.94. The van der Waals surface area contributed by atoms with Gasteiger partial charge in [-0.2, -0.15) is 5.26 Å². The standard InChI is InChI=1S/C17H24N2/c1-13(2)15-5-4-10-17(11-15,12-18)19-16-8-6-14(3)7-9-16/h6-9,13,15,19H,4-5,10-11H2,1-3H3. The van der Waals surface area contributed by atoms with E-state index in [-0.39, 0.29) is 5.54 Å². The summed E-state index contributed by atoms with van der Waals surface area (Å²) in [4.78, 5) is 0. The minimum absolute atomic E-state index is 0.373. The van der Waals surface area contributed by atoms with Crippen molar-refractivity contribution in [3.05, 3.63) is 29.8 Å². The van der Waals surface area contributed by atoms with Crippen LogP contribution in [0.4, 0.5) is 5.69 Å². The Bertz CT molecular complexity index is 455. The second-order valence-corrected chi connectivity index (χ2v) is 6.29. The predicted octanol–water partition coefficient (Wildman–Crippen LogP) is 4.52. The zero-order valence-corrected chi connectivity index (χ0v) is 12.2. The van der Waals surface area contributed by atoms with E-state index in [0.29, 0.717) is 11.8 Å². The van der Waals surface area contributed by atoms with Gasteiger partial charge in [0, 0.05) is 5.69 Å². The molecule has 2 heteroatoms. The highest BCUT2D eigenvalue weighted by Gasteiger charge is 2.37. The van der Waals surface area contributed by atoms with Crippen molar-refractivity contribution in [2.24, 2.45) is 11.8 Å². The molecule has 1 aliphatic rings. The molecule has 2 unspecified atom stereocenters. The van der Waals surface area contributed by atoms with E-state index in [1.807, 2.05) is 0 Å². The number of nitrogens with one attached hydrogen (secondary N) is 1. The van der Waals surface area contributed by atoms with Gasteiger partial charge in [0.05, 0.1) is 6.07 Å². The van der Waals surface area contributed by atoms with E-state index in [2.05, 4.69) is 56.4 Å². The SMILES string of the molecule is Cc1ccc(NC2(C#N)CCCC(C(C)C)C2)cc1. The summed E-state index contributed by atoms with van der Waals surface area (Å²) in [6, 6.07) is 10.9. The zero-order valence-electron chi connectivity index (χ0n) is 12.2. The number of rotatable bonds is 3. The third-order valence-electron chi connectivity index (χ3n) is 4.38. The van der Waals surface area contributed by atoms with Gasteiger partial charge in [-0.25, -0.2) is 0 Å². The lowest BCUT2D eigenvalue weighted by Crippen LogP contribution is -2.42. The fourth-order valence-corrected chi connectivity index (χ4v) is 3.04. The minimum Gasteiger partial charge on any atom is -0.367 e. The Balaban J connectivity index is 2.14. The molecule has 2 nitrogen and oxygen atoms in total. The third-order valence-corrected chi connectivity index (χ3v) is 4.38. The number of hydrogen-bond acceptors (Lipinski definition) is 2. The highest BCUT2D eigenvalue weighted by atomic mass is 15.0. The van der Waals surface area contributed by atoms with Gasteiger partial charge in [-0.05, 0) is 56.6 Å². The molecule has 1 saturated carbocycles. The molecule has 1 aliphatic carbocycles. The Morgan fingerprint density at radius 2 is 2.00 bits per heavy atom. The van der Waals surface area contributed by atoms with Gasteiger partial charge in [-0.15, -0.1) is 0 Å². The van der Waals surface area contributed by atoms with Crippen LogP contribution in [-0.2, 0) is 0 Å². The molecule has 1 aromatic rings. The Morgan fingerprint density at radius 1 is 1.32 bits per heavy atom. The first kappa shape index (κ1) is 13.9. The first-order valence-corrected chi connectivity index (χ1v) is 7.31. The van der Waals surface area contributed by atoms with Crippen LogP contribution in [0.2, 0.25) is 0 Å². The molecule has 2 atom stereocenters. The average molecular weight is 256 g/mol. The number of anilines is 1. The molecular formula is C17H24N2. The first-order chi connectivity index (χ1) is 9.04. The lowest BCUT2D eigenvalue weighted by Gasteiger charge is -2.38. The van der Waals surface area contributed by atoms with Crippen molar-refractivity contribution in [1.82, 2.24) is 0 Å². The lowest BCUT2D eigenvalue weighted by molar-refractivity contribution is 0.232. The Morgan fingerprint density at radius 3 is 2.58 bits per heavy atom. The minimum atomic E-state index is -0.373. The lowest BCUT2D eigenvalue weighted by atomic mass is 9.72. The fourth-order valence-electron chi connectivity index (χ4n) is 3.04. The molecule has 1 fully saturated rings. The molecule has 0 radical (unpaired) electrons. The molecule has 1 aromatic carbocycles. The van der Waals surface area contributed by atoms with Gasteiger partial charge in [0.15, 0.2) is 0 Å². The van der Waals surface area contributed by atoms with Crippen LogP contribution in [0, 0.1) is 30.1 Å². The zero-order chi connectivity index (χ0) is 13.9. The van der Waals surface area contributed by atoms with Gasteiger partial charge in [0.1, 0.15) is 5.54 Å². The van der Waals surface area contributed by atoms with Crippen LogP contribution in [0.1, 0.15) is 45.1 Å². The van der Waals surface area contributed by atoms with E-state index in [1.165, 1.54) is 12.0 Å². The highest BCUT2D eigenvalue weighted by Crippen LogP contribution is 2.38. The quantitative estimate of drug-likeness (QED) is 0.863. The third kappa shape index (κ3) is 3.29. The van der Waals surface area contributed by atoms with Crippen molar-refractivity contribution in [3.63, 3.8) is 0 Å². The molecule has 19 heavy (non-hydrogen) atoms. The summed E-state index contributed by atoms with van der Waals surface area (Å²) in [5, 5.41) is 13.1. The van der Waals surface area contributed by atoms with Gasteiger partial charge in [-0.1, -0.05) is 31.5 Å². The van der Waals surface area contributed by atoms with E-state index in [0.717, 1.165) is 24.9 Å². The van der Waals surface area contributed by atoms with Crippen LogP contribution in [0.5, 0.6) is 0 Å². The maximum absolute atomic E-state index is 9.64. The summed E-state index contributed by atoms with van der Waals surface area (Å²) in [6.07, 6.45) is 4.33. The Kier molecular flexibility index (Phi) is 4.14. The van der Waals surface area contributed by atoms with E-state index in [1.54, 1.807) is 0 Å². The molecule has 0 spiro atoms. The molecule has 0 aromatic heterocycles. The summed E-state index contributed by atoms with van der Waals surface area (Å²) >= 11 is 0. The van der Waals surface area contributed by atoms with Crippen molar-refractivity contribution < 1.29 is 0 Å². The van der Waals surface area contributed by atoms with Gasteiger partial charge in [0.2, 0.25) is 0 Å². The molecule has 0 aliphatic heterocycles. The molecule has 0 saturated heterocycles. The number of hydrogen-bond donors (Lipinski definition) is 1. The maximum Gasteiger partial charge on any atom is 0.125 e. The van der Waals surface area contributed by atoms with E-state index in [9.17, 15) is 5.26 Å². The molecule has 0 heterocycles. The van der Waals surface area contributed by atoms with Gasteiger partial charge >= 0.3 is 0 Å². The second kappa shape index (κ2) is 5.65. The normalized spacial score (nSPS) is 27.0. The fraction of sp³-hybridized carbons (Fsp3) is 0.588. The topological polar surface area (TPSA) is 35.8 Å². The molecule has 2 rings (SSSR count). The number of nitriles is 1. The van der Waals surface area contributed by atoms with E-state index in [4.69, 9.17) is 0 Å². The number of benzene rings is 1.